The molecule has 1 N–H and O–H groups in total. The van der Waals surface area contributed by atoms with Crippen molar-refractivity contribution in [2.75, 3.05) is 10.8 Å². The second-order valence-corrected chi connectivity index (χ2v) is 15.0. The minimum absolute atomic E-state index is 0.0273. The smallest absolute Gasteiger partial charge is 0.264 e. The number of hydrogen-bond donors (Lipinski definition) is 1. The highest BCUT2D eigenvalue weighted by Crippen LogP contribution is 2.36. The molecule has 0 saturated carbocycles. The molecule has 1 atom stereocenters. The van der Waals surface area contributed by atoms with Gasteiger partial charge in [0.1, 0.15) is 12.6 Å². The van der Waals surface area contributed by atoms with Crippen molar-refractivity contribution < 1.29 is 18.0 Å². The standard InChI is InChI=1S/C35H36Cl3N3O4S/c1-24-17-19-27(20-18-24)46(44,45)41(30-16-10-15-29(37)33(30)38)23-32(42)40(22-26-13-8-9-14-28(26)36)31(34(43)39-35(2,3)4)21-25-11-6-5-7-12-25/h5-20,31H,21-23H2,1-4H3,(H,39,43)/t31-/m1/s1. The van der Waals surface area contributed by atoms with Crippen molar-refractivity contribution in [1.29, 1.82) is 0 Å². The molecule has 11 heteroatoms. The first-order valence-electron chi connectivity index (χ1n) is 14.6. The summed E-state index contributed by atoms with van der Waals surface area (Å²) in [7, 11) is -4.34. The van der Waals surface area contributed by atoms with Gasteiger partial charge in [0.2, 0.25) is 11.8 Å². The van der Waals surface area contributed by atoms with Gasteiger partial charge in [-0.1, -0.05) is 107 Å². The van der Waals surface area contributed by atoms with Gasteiger partial charge in [0.15, 0.2) is 0 Å². The van der Waals surface area contributed by atoms with E-state index >= 15 is 0 Å². The van der Waals surface area contributed by atoms with Gasteiger partial charge in [-0.25, -0.2) is 8.42 Å². The molecule has 0 aliphatic carbocycles. The molecule has 0 aromatic heterocycles. The molecule has 4 aromatic carbocycles. The molecule has 4 rings (SSSR count). The van der Waals surface area contributed by atoms with Gasteiger partial charge in [0.05, 0.1) is 20.6 Å². The molecule has 2 amide bonds. The first-order chi connectivity index (χ1) is 21.7. The van der Waals surface area contributed by atoms with Crippen molar-refractivity contribution >= 4 is 62.3 Å². The van der Waals surface area contributed by atoms with E-state index in [0.717, 1.165) is 15.4 Å². The van der Waals surface area contributed by atoms with Crippen molar-refractivity contribution in [3.8, 4) is 0 Å². The van der Waals surface area contributed by atoms with Crippen LogP contribution in [0.1, 0.15) is 37.5 Å². The van der Waals surface area contributed by atoms with E-state index in [1.165, 1.54) is 29.2 Å². The fourth-order valence-corrected chi connectivity index (χ4v) is 6.92. The fraction of sp³-hybridized carbons (Fsp3) is 0.257. The highest BCUT2D eigenvalue weighted by atomic mass is 35.5. The summed E-state index contributed by atoms with van der Waals surface area (Å²) in [6.07, 6.45) is 0.168. The summed E-state index contributed by atoms with van der Waals surface area (Å²) in [5, 5.41) is 3.49. The van der Waals surface area contributed by atoms with Crippen LogP contribution < -0.4 is 9.62 Å². The number of nitrogens with one attached hydrogen (secondary N) is 1. The second kappa shape index (κ2) is 14.9. The number of halogens is 3. The van der Waals surface area contributed by atoms with Gasteiger partial charge in [-0.3, -0.25) is 13.9 Å². The number of nitrogens with zero attached hydrogens (tertiary/aromatic N) is 2. The summed E-state index contributed by atoms with van der Waals surface area (Å²) < 4.78 is 29.4. The Balaban J connectivity index is 1.86. The minimum atomic E-state index is -4.34. The molecule has 0 bridgehead atoms. The quantitative estimate of drug-likeness (QED) is 0.174. The lowest BCUT2D eigenvalue weighted by atomic mass is 10.0. The van der Waals surface area contributed by atoms with Crippen LogP contribution in [0.3, 0.4) is 0 Å². The largest absolute Gasteiger partial charge is 0.350 e. The maximum Gasteiger partial charge on any atom is 0.264 e. The lowest BCUT2D eigenvalue weighted by Gasteiger charge is -2.35. The van der Waals surface area contributed by atoms with Crippen LogP contribution in [0.25, 0.3) is 0 Å². The normalized spacial score (nSPS) is 12.3. The summed E-state index contributed by atoms with van der Waals surface area (Å²) in [4.78, 5) is 29.9. The average Bonchev–Trinajstić information content (AvgIpc) is 3.00. The van der Waals surface area contributed by atoms with E-state index in [1.54, 1.807) is 42.5 Å². The number of anilines is 1. The highest BCUT2D eigenvalue weighted by molar-refractivity contribution is 7.92. The van der Waals surface area contributed by atoms with Gasteiger partial charge in [0, 0.05) is 23.5 Å². The summed E-state index contributed by atoms with van der Waals surface area (Å²) >= 11 is 19.4. The predicted octanol–water partition coefficient (Wildman–Crippen LogP) is 7.71. The molecule has 0 heterocycles. The van der Waals surface area contributed by atoms with Gasteiger partial charge >= 0.3 is 0 Å². The second-order valence-electron chi connectivity index (χ2n) is 12.0. The van der Waals surface area contributed by atoms with Crippen LogP contribution in [0, 0.1) is 6.92 Å². The van der Waals surface area contributed by atoms with Crippen LogP contribution >= 0.6 is 34.8 Å². The van der Waals surface area contributed by atoms with Gasteiger partial charge in [0.25, 0.3) is 10.0 Å². The van der Waals surface area contributed by atoms with Crippen molar-refractivity contribution in [2.24, 2.45) is 0 Å². The SMILES string of the molecule is Cc1ccc(S(=O)(=O)N(CC(=O)N(Cc2ccccc2Cl)[C@H](Cc2ccccc2)C(=O)NC(C)(C)C)c2cccc(Cl)c2Cl)cc1. The molecule has 0 spiro atoms. The van der Waals surface area contributed by atoms with Crippen molar-refractivity contribution in [2.45, 2.75) is 57.1 Å². The van der Waals surface area contributed by atoms with Gasteiger partial charge in [-0.2, -0.15) is 0 Å². The van der Waals surface area contributed by atoms with Gasteiger partial charge < -0.3 is 10.2 Å². The average molecular weight is 701 g/mol. The first kappa shape index (κ1) is 35.3. The summed E-state index contributed by atoms with van der Waals surface area (Å²) in [5.41, 5.74) is 1.69. The topological polar surface area (TPSA) is 86.8 Å². The highest BCUT2D eigenvalue weighted by Gasteiger charge is 2.36. The van der Waals surface area contributed by atoms with E-state index in [9.17, 15) is 18.0 Å². The zero-order valence-corrected chi connectivity index (χ0v) is 29.1. The molecule has 4 aromatic rings. The molecular weight excluding hydrogens is 665 g/mol. The van der Waals surface area contributed by atoms with E-state index in [4.69, 9.17) is 34.8 Å². The predicted molar refractivity (Wildman–Crippen MR) is 186 cm³/mol. The Morgan fingerprint density at radius 2 is 1.41 bits per heavy atom. The van der Waals surface area contributed by atoms with E-state index in [1.807, 2.05) is 58.0 Å². The summed E-state index contributed by atoms with van der Waals surface area (Å²) in [5.74, 6) is -1.04. The van der Waals surface area contributed by atoms with E-state index in [2.05, 4.69) is 5.32 Å². The molecular formula is C35H36Cl3N3O4S. The number of carbonyl (C=O) groups is 2. The van der Waals surface area contributed by atoms with E-state index in [-0.39, 0.29) is 33.6 Å². The molecule has 46 heavy (non-hydrogen) atoms. The lowest BCUT2D eigenvalue weighted by molar-refractivity contribution is -0.140. The first-order valence-corrected chi connectivity index (χ1v) is 17.2. The zero-order chi connectivity index (χ0) is 33.6. The molecule has 7 nitrogen and oxygen atoms in total. The van der Waals surface area contributed by atoms with Gasteiger partial charge in [-0.15, -0.1) is 0 Å². The van der Waals surface area contributed by atoms with Crippen molar-refractivity contribution in [3.05, 3.63) is 129 Å². The maximum atomic E-state index is 14.6. The van der Waals surface area contributed by atoms with Crippen LogP contribution in [-0.2, 0) is 32.6 Å². The molecule has 0 unspecified atom stereocenters. The number of carbonyl (C=O) groups excluding carboxylic acids is 2. The number of sulfonamides is 1. The molecule has 0 radical (unpaired) electrons. The van der Waals surface area contributed by atoms with Crippen molar-refractivity contribution in [3.63, 3.8) is 0 Å². The Kier molecular flexibility index (Phi) is 11.4. The van der Waals surface area contributed by atoms with Crippen LogP contribution in [0.5, 0.6) is 0 Å². The Morgan fingerprint density at radius 3 is 2.04 bits per heavy atom. The number of benzene rings is 4. The third-order valence-corrected chi connectivity index (χ3v) is 10.1. The third-order valence-electron chi connectivity index (χ3n) is 7.16. The molecule has 0 fully saturated rings. The Labute approximate surface area is 286 Å². The molecule has 0 aliphatic heterocycles. The number of aryl methyl sites for hydroxylation is 1. The Hall–Kier alpha value is -3.56. The third kappa shape index (κ3) is 8.82. The van der Waals surface area contributed by atoms with Crippen LogP contribution in [-0.4, -0.2) is 43.3 Å². The van der Waals surface area contributed by atoms with Crippen molar-refractivity contribution in [1.82, 2.24) is 10.2 Å². The van der Waals surface area contributed by atoms with E-state index in [0.29, 0.717) is 10.6 Å². The van der Waals surface area contributed by atoms with Gasteiger partial charge in [-0.05, 0) is 69.2 Å². The minimum Gasteiger partial charge on any atom is -0.350 e. The fourth-order valence-electron chi connectivity index (χ4n) is 4.85. The zero-order valence-electron chi connectivity index (χ0n) is 26.0. The Morgan fingerprint density at radius 1 is 0.804 bits per heavy atom. The monoisotopic (exact) mass is 699 g/mol. The van der Waals surface area contributed by atoms with Crippen LogP contribution in [0.4, 0.5) is 5.69 Å². The molecule has 0 saturated heterocycles. The summed E-state index contributed by atoms with van der Waals surface area (Å²) in [6, 6.07) is 26.1. The molecule has 242 valence electrons. The lowest BCUT2D eigenvalue weighted by Crippen LogP contribution is -2.56. The van der Waals surface area contributed by atoms with E-state index < -0.39 is 40.0 Å². The Bertz CT molecular complexity index is 1790. The molecule has 0 aliphatic rings. The number of hydrogen-bond acceptors (Lipinski definition) is 4. The van der Waals surface area contributed by atoms with Crippen LogP contribution in [0.2, 0.25) is 15.1 Å². The van der Waals surface area contributed by atoms with Crippen LogP contribution in [0.15, 0.2) is 102 Å². The maximum absolute atomic E-state index is 14.6. The number of rotatable bonds is 11. The number of amides is 2. The summed E-state index contributed by atoms with van der Waals surface area (Å²) in [6.45, 7) is 6.66.